The number of allylic oxidation sites excluding steroid dienone is 4. The highest BCUT2D eigenvalue weighted by atomic mass is 16.3. The lowest BCUT2D eigenvalue weighted by Crippen LogP contribution is -2.52. The number of rotatable bonds is 1. The molecule has 3 aliphatic rings. The highest BCUT2D eigenvalue weighted by Crippen LogP contribution is 2.61. The molecular formula is C20H28O3. The maximum absolute atomic E-state index is 12.6. The Kier molecular flexibility index (Phi) is 3.64. The van der Waals surface area contributed by atoms with Crippen molar-refractivity contribution < 1.29 is 15.0 Å². The van der Waals surface area contributed by atoms with Gasteiger partial charge in [-0.05, 0) is 41.9 Å². The topological polar surface area (TPSA) is 57.5 Å². The fraction of sp³-hybridized carbons (Fsp3) is 0.650. The summed E-state index contributed by atoms with van der Waals surface area (Å²) in [7, 11) is 0. The van der Waals surface area contributed by atoms with Crippen molar-refractivity contribution in [2.45, 2.75) is 60.0 Å². The van der Waals surface area contributed by atoms with Crippen LogP contribution in [-0.2, 0) is 4.79 Å². The van der Waals surface area contributed by atoms with Crippen molar-refractivity contribution >= 4 is 5.78 Å². The molecule has 1 fully saturated rings. The summed E-state index contributed by atoms with van der Waals surface area (Å²) in [4.78, 5) is 12.6. The van der Waals surface area contributed by atoms with Crippen molar-refractivity contribution in [3.63, 3.8) is 0 Å². The molecule has 3 rings (SSSR count). The third-order valence-corrected chi connectivity index (χ3v) is 6.24. The molecule has 0 unspecified atom stereocenters. The van der Waals surface area contributed by atoms with Gasteiger partial charge in [-0.3, -0.25) is 4.79 Å². The first-order valence-electron chi connectivity index (χ1n) is 8.70. The molecule has 0 aromatic rings. The summed E-state index contributed by atoms with van der Waals surface area (Å²) in [5, 5.41) is 21.5. The largest absolute Gasteiger partial charge is 0.504 e. The van der Waals surface area contributed by atoms with E-state index in [4.69, 9.17) is 0 Å². The zero-order valence-corrected chi connectivity index (χ0v) is 14.8. The lowest BCUT2D eigenvalue weighted by molar-refractivity contribution is -0.115. The molecular weight excluding hydrogens is 288 g/mol. The lowest BCUT2D eigenvalue weighted by atomic mass is 9.49. The van der Waals surface area contributed by atoms with Crippen molar-refractivity contribution in [2.24, 2.45) is 22.7 Å². The van der Waals surface area contributed by atoms with Crippen LogP contribution in [0.5, 0.6) is 0 Å². The van der Waals surface area contributed by atoms with E-state index in [1.54, 1.807) is 0 Å². The molecule has 0 aliphatic heterocycles. The predicted octanol–water partition coefficient (Wildman–Crippen LogP) is 4.10. The number of Topliss-reactive ketones (excluding diaryl/α,β-unsaturated/α-hetero) is 1. The summed E-state index contributed by atoms with van der Waals surface area (Å²) >= 11 is 0. The predicted molar refractivity (Wildman–Crippen MR) is 90.9 cm³/mol. The molecule has 3 heteroatoms. The average molecular weight is 316 g/mol. The van der Waals surface area contributed by atoms with Crippen LogP contribution in [0, 0.1) is 22.7 Å². The summed E-state index contributed by atoms with van der Waals surface area (Å²) in [5.41, 5.74) is 1.85. The molecule has 3 aliphatic carbocycles. The van der Waals surface area contributed by atoms with E-state index in [1.165, 1.54) is 0 Å². The molecule has 2 N–H and O–H groups in total. The van der Waals surface area contributed by atoms with Crippen molar-refractivity contribution in [3.8, 4) is 0 Å². The van der Waals surface area contributed by atoms with Gasteiger partial charge in [0.2, 0.25) is 5.78 Å². The summed E-state index contributed by atoms with van der Waals surface area (Å²) in [6.45, 7) is 10.4. The van der Waals surface area contributed by atoms with Gasteiger partial charge in [0.05, 0.1) is 6.10 Å². The molecule has 0 amide bonds. The van der Waals surface area contributed by atoms with Gasteiger partial charge in [0.1, 0.15) is 0 Å². The molecule has 0 heterocycles. The SMILES string of the molecule is CC(C)C1=CC2=C[C@H](O)[C@@H]3C(C)(C)CCC[C@]3(C)C2=C(O)C1=O. The molecule has 126 valence electrons. The summed E-state index contributed by atoms with van der Waals surface area (Å²) in [6, 6.07) is 0. The number of ketones is 1. The summed E-state index contributed by atoms with van der Waals surface area (Å²) in [6.07, 6.45) is 6.19. The Bertz CT molecular complexity index is 648. The molecule has 0 bridgehead atoms. The van der Waals surface area contributed by atoms with E-state index in [0.717, 1.165) is 30.4 Å². The summed E-state index contributed by atoms with van der Waals surface area (Å²) < 4.78 is 0. The highest BCUT2D eigenvalue weighted by molar-refractivity contribution is 6.10. The lowest BCUT2D eigenvalue weighted by Gasteiger charge is -2.56. The Labute approximate surface area is 138 Å². The van der Waals surface area contributed by atoms with E-state index in [0.29, 0.717) is 5.57 Å². The van der Waals surface area contributed by atoms with Crippen LogP contribution in [0.1, 0.15) is 53.9 Å². The van der Waals surface area contributed by atoms with E-state index in [2.05, 4.69) is 20.8 Å². The van der Waals surface area contributed by atoms with Gasteiger partial charge < -0.3 is 10.2 Å². The molecule has 0 radical (unpaired) electrons. The number of fused-ring (bicyclic) bond motifs is 3. The van der Waals surface area contributed by atoms with Crippen molar-refractivity contribution in [2.75, 3.05) is 0 Å². The second-order valence-electron chi connectivity index (χ2n) is 8.66. The first kappa shape index (κ1) is 16.5. The third-order valence-electron chi connectivity index (χ3n) is 6.24. The van der Waals surface area contributed by atoms with Crippen LogP contribution in [0.4, 0.5) is 0 Å². The smallest absolute Gasteiger partial charge is 0.223 e. The van der Waals surface area contributed by atoms with Crippen molar-refractivity contribution in [1.82, 2.24) is 0 Å². The first-order valence-corrected chi connectivity index (χ1v) is 8.70. The second-order valence-corrected chi connectivity index (χ2v) is 8.66. The number of hydrogen-bond acceptors (Lipinski definition) is 3. The fourth-order valence-corrected chi connectivity index (χ4v) is 5.34. The van der Waals surface area contributed by atoms with Gasteiger partial charge in [-0.25, -0.2) is 0 Å². The van der Waals surface area contributed by atoms with E-state index in [9.17, 15) is 15.0 Å². The quantitative estimate of drug-likeness (QED) is 0.766. The van der Waals surface area contributed by atoms with Crippen LogP contribution in [-0.4, -0.2) is 22.1 Å². The Morgan fingerprint density at radius 3 is 2.48 bits per heavy atom. The minimum Gasteiger partial charge on any atom is -0.504 e. The Morgan fingerprint density at radius 1 is 1.22 bits per heavy atom. The van der Waals surface area contributed by atoms with Crippen molar-refractivity contribution in [1.29, 1.82) is 0 Å². The molecule has 0 aromatic heterocycles. The Balaban J connectivity index is 2.22. The zero-order valence-electron chi connectivity index (χ0n) is 14.8. The zero-order chi connectivity index (χ0) is 17.2. The highest BCUT2D eigenvalue weighted by Gasteiger charge is 2.55. The Hall–Kier alpha value is -1.35. The standard InChI is InChI=1S/C20H28O3/c1-11(2)13-9-12-10-14(21)18-19(3,4)7-6-8-20(18,5)15(12)17(23)16(13)22/h9-11,14,18,21,23H,6-8H2,1-5H3/t14-,18+,20+/m0/s1. The average Bonchev–Trinajstić information content (AvgIpc) is 2.40. The van der Waals surface area contributed by atoms with E-state index in [-0.39, 0.29) is 34.2 Å². The molecule has 23 heavy (non-hydrogen) atoms. The molecule has 0 saturated heterocycles. The van der Waals surface area contributed by atoms with Crippen LogP contribution in [0.15, 0.2) is 34.6 Å². The Morgan fingerprint density at radius 2 is 1.87 bits per heavy atom. The monoisotopic (exact) mass is 316 g/mol. The molecule has 0 aromatic carbocycles. The van der Waals surface area contributed by atoms with Gasteiger partial charge >= 0.3 is 0 Å². The molecule has 3 atom stereocenters. The number of carbonyl (C=O) groups is 1. The van der Waals surface area contributed by atoms with Crippen LogP contribution in [0.25, 0.3) is 0 Å². The normalized spacial score (nSPS) is 36.4. The minimum atomic E-state index is -0.542. The second kappa shape index (κ2) is 5.07. The maximum atomic E-state index is 12.6. The van der Waals surface area contributed by atoms with Gasteiger partial charge in [0.15, 0.2) is 5.76 Å². The molecule has 0 spiro atoms. The van der Waals surface area contributed by atoms with Crippen LogP contribution >= 0.6 is 0 Å². The summed E-state index contributed by atoms with van der Waals surface area (Å²) in [5.74, 6) is -0.268. The third kappa shape index (κ3) is 2.24. The number of carbonyl (C=O) groups excluding carboxylic acids is 1. The number of hydrogen-bond donors (Lipinski definition) is 2. The molecule has 3 nitrogen and oxygen atoms in total. The van der Waals surface area contributed by atoms with E-state index in [1.807, 2.05) is 26.0 Å². The number of aliphatic hydroxyl groups is 2. The first-order chi connectivity index (χ1) is 10.6. The fourth-order valence-electron chi connectivity index (χ4n) is 5.34. The van der Waals surface area contributed by atoms with E-state index >= 15 is 0 Å². The van der Waals surface area contributed by atoms with E-state index < -0.39 is 6.10 Å². The van der Waals surface area contributed by atoms with Gasteiger partial charge in [0.25, 0.3) is 0 Å². The van der Waals surface area contributed by atoms with Gasteiger partial charge in [-0.2, -0.15) is 0 Å². The van der Waals surface area contributed by atoms with Gasteiger partial charge in [0, 0.05) is 22.5 Å². The van der Waals surface area contributed by atoms with Crippen LogP contribution in [0.2, 0.25) is 0 Å². The van der Waals surface area contributed by atoms with Crippen LogP contribution < -0.4 is 0 Å². The van der Waals surface area contributed by atoms with Gasteiger partial charge in [-0.1, -0.05) is 41.0 Å². The number of aliphatic hydroxyl groups excluding tert-OH is 2. The maximum Gasteiger partial charge on any atom is 0.223 e. The molecule has 1 saturated carbocycles. The van der Waals surface area contributed by atoms with Crippen LogP contribution in [0.3, 0.4) is 0 Å². The van der Waals surface area contributed by atoms with Crippen molar-refractivity contribution in [3.05, 3.63) is 34.6 Å². The minimum absolute atomic E-state index is 0.0199. The van der Waals surface area contributed by atoms with Gasteiger partial charge in [-0.15, -0.1) is 0 Å².